The predicted octanol–water partition coefficient (Wildman–Crippen LogP) is 3.37. The molecular weight excluding hydrogens is 374 g/mol. The van der Waals surface area contributed by atoms with Crippen molar-refractivity contribution in [1.29, 1.82) is 0 Å². The Balaban J connectivity index is 0.00000243. The first-order chi connectivity index (χ1) is 12.1. The van der Waals surface area contributed by atoms with Crippen molar-refractivity contribution in [2.75, 3.05) is 26.2 Å². The summed E-state index contributed by atoms with van der Waals surface area (Å²) in [6.45, 7) is 1.94. The van der Waals surface area contributed by atoms with E-state index in [0.29, 0.717) is 37.8 Å². The van der Waals surface area contributed by atoms with Crippen molar-refractivity contribution in [3.63, 3.8) is 0 Å². The summed E-state index contributed by atoms with van der Waals surface area (Å²) in [5, 5.41) is 2.58. The van der Waals surface area contributed by atoms with Gasteiger partial charge >= 0.3 is 6.03 Å². The van der Waals surface area contributed by atoms with Crippen LogP contribution in [0.1, 0.15) is 36.0 Å². The van der Waals surface area contributed by atoms with Gasteiger partial charge in [-0.1, -0.05) is 43.2 Å². The molecular formula is C18H24ClN3O3S. The van der Waals surface area contributed by atoms with Crippen LogP contribution in [0.4, 0.5) is 9.59 Å². The van der Waals surface area contributed by atoms with Gasteiger partial charge in [0.15, 0.2) is 0 Å². The van der Waals surface area contributed by atoms with Crippen molar-refractivity contribution in [2.24, 2.45) is 0 Å². The summed E-state index contributed by atoms with van der Waals surface area (Å²) < 4.78 is 0. The molecule has 1 saturated carbocycles. The van der Waals surface area contributed by atoms with Gasteiger partial charge in [-0.2, -0.15) is 0 Å². The van der Waals surface area contributed by atoms with Gasteiger partial charge in [0, 0.05) is 49.5 Å². The molecule has 1 aliphatic carbocycles. The SMILES string of the molecule is Cl.O=C(SC(=O)N1CCN(C(=O)NC2CCCC2)CC1)c1ccccc1. The Morgan fingerprint density at radius 3 is 2.12 bits per heavy atom. The van der Waals surface area contributed by atoms with E-state index in [1.807, 2.05) is 6.07 Å². The highest BCUT2D eigenvalue weighted by molar-refractivity contribution is 8.26. The maximum Gasteiger partial charge on any atom is 0.317 e. The number of hydrogen-bond acceptors (Lipinski definition) is 4. The Bertz CT molecular complexity index is 630. The summed E-state index contributed by atoms with van der Waals surface area (Å²) in [5.74, 6) is 0. The Kier molecular flexibility index (Phi) is 7.78. The average molecular weight is 398 g/mol. The van der Waals surface area contributed by atoms with Crippen LogP contribution < -0.4 is 5.32 Å². The zero-order valence-electron chi connectivity index (χ0n) is 14.6. The van der Waals surface area contributed by atoms with Crippen LogP contribution in [-0.4, -0.2) is 58.4 Å². The van der Waals surface area contributed by atoms with Crippen LogP contribution in [0.15, 0.2) is 30.3 Å². The van der Waals surface area contributed by atoms with Crippen LogP contribution in [0.3, 0.4) is 0 Å². The van der Waals surface area contributed by atoms with Gasteiger partial charge in [-0.3, -0.25) is 9.59 Å². The fourth-order valence-corrected chi connectivity index (χ4v) is 3.93. The topological polar surface area (TPSA) is 69.7 Å². The zero-order chi connectivity index (χ0) is 17.6. The summed E-state index contributed by atoms with van der Waals surface area (Å²) in [4.78, 5) is 40.0. The molecule has 1 saturated heterocycles. The third kappa shape index (κ3) is 5.38. The lowest BCUT2D eigenvalue weighted by Crippen LogP contribution is -2.53. The second-order valence-corrected chi connectivity index (χ2v) is 7.35. The van der Waals surface area contributed by atoms with Crippen molar-refractivity contribution >= 4 is 40.6 Å². The van der Waals surface area contributed by atoms with Crippen LogP contribution >= 0.6 is 24.2 Å². The first-order valence-electron chi connectivity index (χ1n) is 8.75. The van der Waals surface area contributed by atoms with Gasteiger partial charge in [-0.25, -0.2) is 4.79 Å². The largest absolute Gasteiger partial charge is 0.335 e. The lowest BCUT2D eigenvalue weighted by Gasteiger charge is -2.34. The Hall–Kier alpha value is -1.73. The molecule has 26 heavy (non-hydrogen) atoms. The van der Waals surface area contributed by atoms with Crippen LogP contribution in [0, 0.1) is 0 Å². The monoisotopic (exact) mass is 397 g/mol. The molecule has 1 aromatic rings. The molecule has 2 fully saturated rings. The lowest BCUT2D eigenvalue weighted by molar-refractivity contribution is 0.108. The number of hydrogen-bond donors (Lipinski definition) is 1. The van der Waals surface area contributed by atoms with Crippen LogP contribution in [0.2, 0.25) is 0 Å². The number of thioether (sulfide) groups is 1. The quantitative estimate of drug-likeness (QED) is 0.830. The molecule has 1 N–H and O–H groups in total. The highest BCUT2D eigenvalue weighted by Gasteiger charge is 2.27. The van der Waals surface area contributed by atoms with Crippen molar-refractivity contribution in [3.05, 3.63) is 35.9 Å². The second-order valence-electron chi connectivity index (χ2n) is 6.43. The number of nitrogens with zero attached hydrogens (tertiary/aromatic N) is 2. The standard InChI is InChI=1S/C18H23N3O3S.ClH/c22-16(14-6-2-1-3-7-14)25-18(24)21-12-10-20(11-13-21)17(23)19-15-8-4-5-9-15;/h1-3,6-7,15H,4-5,8-13H2,(H,19,23);1H. The molecule has 0 spiro atoms. The fourth-order valence-electron chi connectivity index (χ4n) is 3.21. The molecule has 1 aliphatic heterocycles. The molecule has 0 aromatic heterocycles. The predicted molar refractivity (Wildman–Crippen MR) is 105 cm³/mol. The normalized spacial score (nSPS) is 17.5. The van der Waals surface area contributed by atoms with E-state index in [-0.39, 0.29) is 28.8 Å². The van der Waals surface area contributed by atoms with E-state index in [1.54, 1.807) is 34.1 Å². The maximum atomic E-state index is 12.3. The molecule has 8 heteroatoms. The molecule has 0 radical (unpaired) electrons. The first kappa shape index (κ1) is 20.6. The van der Waals surface area contributed by atoms with E-state index < -0.39 is 0 Å². The van der Waals surface area contributed by atoms with E-state index in [9.17, 15) is 14.4 Å². The van der Waals surface area contributed by atoms with Gasteiger partial charge in [0.2, 0.25) is 5.12 Å². The van der Waals surface area contributed by atoms with E-state index in [0.717, 1.165) is 24.6 Å². The van der Waals surface area contributed by atoms with Gasteiger partial charge in [0.25, 0.3) is 5.24 Å². The van der Waals surface area contributed by atoms with Crippen LogP contribution in [0.25, 0.3) is 0 Å². The third-order valence-corrected chi connectivity index (χ3v) is 5.55. The lowest BCUT2D eigenvalue weighted by atomic mass is 10.2. The Morgan fingerprint density at radius 1 is 0.923 bits per heavy atom. The molecule has 142 valence electrons. The van der Waals surface area contributed by atoms with Gasteiger partial charge in [-0.15, -0.1) is 12.4 Å². The van der Waals surface area contributed by atoms with Crippen LogP contribution in [-0.2, 0) is 0 Å². The Morgan fingerprint density at radius 2 is 1.50 bits per heavy atom. The highest BCUT2D eigenvalue weighted by Crippen LogP contribution is 2.19. The zero-order valence-corrected chi connectivity index (χ0v) is 16.2. The Labute approximate surface area is 164 Å². The summed E-state index contributed by atoms with van der Waals surface area (Å²) in [5.41, 5.74) is 0.524. The molecule has 2 aliphatic rings. The molecule has 6 nitrogen and oxygen atoms in total. The molecule has 1 aromatic carbocycles. The van der Waals surface area contributed by atoms with Gasteiger partial charge in [-0.05, 0) is 12.8 Å². The summed E-state index contributed by atoms with van der Waals surface area (Å²) in [7, 11) is 0. The summed E-state index contributed by atoms with van der Waals surface area (Å²) in [6.07, 6.45) is 4.48. The molecule has 3 rings (SSSR count). The maximum absolute atomic E-state index is 12.3. The molecule has 0 bridgehead atoms. The number of amides is 3. The number of carbonyl (C=O) groups is 3. The number of halogens is 1. The van der Waals surface area contributed by atoms with Crippen molar-refractivity contribution in [1.82, 2.24) is 15.1 Å². The summed E-state index contributed by atoms with van der Waals surface area (Å²) in [6, 6.07) is 9.05. The fraction of sp³-hybridized carbons (Fsp3) is 0.500. The van der Waals surface area contributed by atoms with Gasteiger partial charge < -0.3 is 15.1 Å². The number of urea groups is 1. The van der Waals surface area contributed by atoms with E-state index in [4.69, 9.17) is 0 Å². The minimum Gasteiger partial charge on any atom is -0.335 e. The summed E-state index contributed by atoms with van der Waals surface area (Å²) >= 11 is 0.724. The van der Waals surface area contributed by atoms with E-state index >= 15 is 0 Å². The number of carbonyl (C=O) groups excluding carboxylic acids is 3. The van der Waals surface area contributed by atoms with Gasteiger partial charge in [0.1, 0.15) is 0 Å². The van der Waals surface area contributed by atoms with Crippen molar-refractivity contribution in [3.8, 4) is 0 Å². The van der Waals surface area contributed by atoms with Crippen LogP contribution in [0.5, 0.6) is 0 Å². The van der Waals surface area contributed by atoms with E-state index in [2.05, 4.69) is 5.32 Å². The number of benzene rings is 1. The average Bonchev–Trinajstić information content (AvgIpc) is 3.15. The smallest absolute Gasteiger partial charge is 0.317 e. The first-order valence-corrected chi connectivity index (χ1v) is 9.57. The van der Waals surface area contributed by atoms with Crippen molar-refractivity contribution in [2.45, 2.75) is 31.7 Å². The third-order valence-electron chi connectivity index (χ3n) is 4.70. The number of nitrogens with one attached hydrogen (secondary N) is 1. The highest BCUT2D eigenvalue weighted by atomic mass is 35.5. The van der Waals surface area contributed by atoms with Gasteiger partial charge in [0.05, 0.1) is 0 Å². The van der Waals surface area contributed by atoms with Crippen molar-refractivity contribution < 1.29 is 14.4 Å². The molecule has 0 unspecified atom stereocenters. The molecule has 3 amide bonds. The minimum absolute atomic E-state index is 0. The second kappa shape index (κ2) is 9.83. The minimum atomic E-state index is -0.246. The number of rotatable bonds is 2. The number of piperazine rings is 1. The van der Waals surface area contributed by atoms with E-state index in [1.165, 1.54) is 12.8 Å². The molecule has 1 heterocycles. The molecule has 0 atom stereocenters.